The summed E-state index contributed by atoms with van der Waals surface area (Å²) in [5.41, 5.74) is 7.55. The number of aromatic nitrogens is 3. The van der Waals surface area contributed by atoms with Crippen molar-refractivity contribution in [3.05, 3.63) is 64.9 Å². The standard InChI is InChI=1S/C20H22ClN5O.ClH/c1-20(2,11-13-4-3-5-15(21)10-13)19(27)23-16-8-6-14(7-9-16)18-24-17(12-22)25-26-18;/h3-10H,11-12,22H2,1-2H3,(H,23,27)(H,24,25,26);1H. The quantitative estimate of drug-likeness (QED) is 0.557. The van der Waals surface area contributed by atoms with Gasteiger partial charge in [0, 0.05) is 21.7 Å². The second kappa shape index (κ2) is 9.19. The molecular weight excluding hydrogens is 397 g/mol. The number of hydrogen-bond acceptors (Lipinski definition) is 4. The molecule has 0 spiro atoms. The number of nitrogens with two attached hydrogens (primary N) is 1. The van der Waals surface area contributed by atoms with Gasteiger partial charge in [0.2, 0.25) is 5.91 Å². The Labute approximate surface area is 175 Å². The molecule has 0 fully saturated rings. The van der Waals surface area contributed by atoms with Crippen molar-refractivity contribution in [2.45, 2.75) is 26.8 Å². The third kappa shape index (κ3) is 5.32. The Balaban J connectivity index is 0.00000280. The van der Waals surface area contributed by atoms with Gasteiger partial charge < -0.3 is 11.1 Å². The summed E-state index contributed by atoms with van der Waals surface area (Å²) in [6.45, 7) is 4.14. The van der Waals surface area contributed by atoms with Crippen LogP contribution in [0.1, 0.15) is 25.2 Å². The average molecular weight is 420 g/mol. The van der Waals surface area contributed by atoms with Gasteiger partial charge in [0.25, 0.3) is 0 Å². The lowest BCUT2D eigenvalue weighted by Crippen LogP contribution is -2.32. The van der Waals surface area contributed by atoms with Crippen LogP contribution in [0.25, 0.3) is 11.4 Å². The summed E-state index contributed by atoms with van der Waals surface area (Å²) in [5.74, 6) is 1.15. The van der Waals surface area contributed by atoms with E-state index in [0.29, 0.717) is 29.6 Å². The number of nitrogens with one attached hydrogen (secondary N) is 2. The first-order valence-corrected chi connectivity index (χ1v) is 9.03. The van der Waals surface area contributed by atoms with Gasteiger partial charge in [0.05, 0.1) is 6.54 Å². The fraction of sp³-hybridized carbons (Fsp3) is 0.250. The van der Waals surface area contributed by atoms with Crippen molar-refractivity contribution in [3.63, 3.8) is 0 Å². The lowest BCUT2D eigenvalue weighted by molar-refractivity contribution is -0.123. The van der Waals surface area contributed by atoms with E-state index in [9.17, 15) is 4.79 Å². The van der Waals surface area contributed by atoms with Gasteiger partial charge in [-0.15, -0.1) is 12.4 Å². The van der Waals surface area contributed by atoms with E-state index >= 15 is 0 Å². The molecule has 6 nitrogen and oxygen atoms in total. The number of hydrogen-bond donors (Lipinski definition) is 3. The molecule has 0 aliphatic rings. The molecule has 28 heavy (non-hydrogen) atoms. The molecule has 3 aromatic rings. The molecule has 0 saturated carbocycles. The van der Waals surface area contributed by atoms with Crippen LogP contribution in [0.3, 0.4) is 0 Å². The fourth-order valence-corrected chi connectivity index (χ4v) is 2.97. The first kappa shape index (κ1) is 21.9. The molecule has 2 aromatic carbocycles. The number of anilines is 1. The van der Waals surface area contributed by atoms with E-state index in [1.807, 2.05) is 62.4 Å². The number of rotatable bonds is 6. The highest BCUT2D eigenvalue weighted by molar-refractivity contribution is 6.30. The smallest absolute Gasteiger partial charge is 0.230 e. The van der Waals surface area contributed by atoms with Gasteiger partial charge in [-0.3, -0.25) is 9.89 Å². The molecule has 8 heteroatoms. The number of H-pyrrole nitrogens is 1. The van der Waals surface area contributed by atoms with Gasteiger partial charge >= 0.3 is 0 Å². The SMILES string of the molecule is CC(C)(Cc1cccc(Cl)c1)C(=O)Nc1ccc(-c2n[nH]c(CN)n2)cc1.Cl. The summed E-state index contributed by atoms with van der Waals surface area (Å²) in [4.78, 5) is 17.0. The van der Waals surface area contributed by atoms with E-state index in [0.717, 1.165) is 16.8 Å². The first-order chi connectivity index (χ1) is 12.9. The molecular formula is C20H23Cl2N5O. The van der Waals surface area contributed by atoms with Crippen LogP contribution in [0.15, 0.2) is 48.5 Å². The molecule has 1 heterocycles. The van der Waals surface area contributed by atoms with Gasteiger partial charge in [0.15, 0.2) is 5.82 Å². The highest BCUT2D eigenvalue weighted by atomic mass is 35.5. The Morgan fingerprint density at radius 3 is 2.54 bits per heavy atom. The maximum Gasteiger partial charge on any atom is 0.230 e. The molecule has 148 valence electrons. The molecule has 0 bridgehead atoms. The minimum absolute atomic E-state index is 0. The minimum Gasteiger partial charge on any atom is -0.326 e. The molecule has 0 unspecified atom stereocenters. The van der Waals surface area contributed by atoms with E-state index in [1.54, 1.807) is 0 Å². The highest BCUT2D eigenvalue weighted by Crippen LogP contribution is 2.26. The summed E-state index contributed by atoms with van der Waals surface area (Å²) in [7, 11) is 0. The monoisotopic (exact) mass is 419 g/mol. The van der Waals surface area contributed by atoms with Crippen molar-refractivity contribution >= 4 is 35.6 Å². The van der Waals surface area contributed by atoms with Crippen molar-refractivity contribution in [1.82, 2.24) is 15.2 Å². The molecule has 3 rings (SSSR count). The van der Waals surface area contributed by atoms with Crippen molar-refractivity contribution in [2.75, 3.05) is 5.32 Å². The second-order valence-electron chi connectivity index (χ2n) is 7.03. The Morgan fingerprint density at radius 1 is 1.21 bits per heavy atom. The molecule has 0 atom stereocenters. The Hall–Kier alpha value is -2.41. The topological polar surface area (TPSA) is 96.7 Å². The third-order valence-electron chi connectivity index (χ3n) is 4.28. The summed E-state index contributed by atoms with van der Waals surface area (Å²) < 4.78 is 0. The van der Waals surface area contributed by atoms with Crippen molar-refractivity contribution in [3.8, 4) is 11.4 Å². The van der Waals surface area contributed by atoms with Crippen LogP contribution in [-0.2, 0) is 17.8 Å². The van der Waals surface area contributed by atoms with Crippen LogP contribution in [0.2, 0.25) is 5.02 Å². The number of nitrogens with zero attached hydrogens (tertiary/aromatic N) is 2. The van der Waals surface area contributed by atoms with Gasteiger partial charge in [-0.25, -0.2) is 4.98 Å². The molecule has 0 aliphatic heterocycles. The summed E-state index contributed by atoms with van der Waals surface area (Å²) in [6.07, 6.45) is 0.594. The fourth-order valence-electron chi connectivity index (χ4n) is 2.76. The van der Waals surface area contributed by atoms with Crippen molar-refractivity contribution in [2.24, 2.45) is 11.1 Å². The minimum atomic E-state index is -0.580. The maximum atomic E-state index is 12.7. The highest BCUT2D eigenvalue weighted by Gasteiger charge is 2.28. The van der Waals surface area contributed by atoms with Crippen molar-refractivity contribution < 1.29 is 4.79 Å². The van der Waals surface area contributed by atoms with Crippen LogP contribution in [-0.4, -0.2) is 21.1 Å². The summed E-state index contributed by atoms with van der Waals surface area (Å²) in [6, 6.07) is 15.0. The van der Waals surface area contributed by atoms with Crippen molar-refractivity contribution in [1.29, 1.82) is 0 Å². The first-order valence-electron chi connectivity index (χ1n) is 8.65. The zero-order valence-electron chi connectivity index (χ0n) is 15.7. The van der Waals surface area contributed by atoms with E-state index < -0.39 is 5.41 Å². The average Bonchev–Trinajstić information content (AvgIpc) is 3.11. The van der Waals surface area contributed by atoms with E-state index in [4.69, 9.17) is 17.3 Å². The number of carbonyl (C=O) groups excluding carboxylic acids is 1. The Morgan fingerprint density at radius 2 is 1.93 bits per heavy atom. The summed E-state index contributed by atoms with van der Waals surface area (Å²) in [5, 5.41) is 10.6. The number of aromatic amines is 1. The molecule has 4 N–H and O–H groups in total. The lowest BCUT2D eigenvalue weighted by atomic mass is 9.84. The molecule has 0 aliphatic carbocycles. The van der Waals surface area contributed by atoms with Crippen LogP contribution in [0.4, 0.5) is 5.69 Å². The molecule has 0 saturated heterocycles. The summed E-state index contributed by atoms with van der Waals surface area (Å²) >= 11 is 6.04. The molecule has 0 radical (unpaired) electrons. The van der Waals surface area contributed by atoms with Crippen LogP contribution >= 0.6 is 24.0 Å². The normalized spacial score (nSPS) is 11.0. The molecule has 1 aromatic heterocycles. The Bertz CT molecular complexity index is 938. The predicted octanol–water partition coefficient (Wildman–Crippen LogP) is 4.21. The molecule has 1 amide bonds. The predicted molar refractivity (Wildman–Crippen MR) is 115 cm³/mol. The number of amides is 1. The largest absolute Gasteiger partial charge is 0.326 e. The number of benzene rings is 2. The van der Waals surface area contributed by atoms with Crippen LogP contribution < -0.4 is 11.1 Å². The number of halogens is 2. The van der Waals surface area contributed by atoms with Crippen LogP contribution in [0, 0.1) is 5.41 Å². The van der Waals surface area contributed by atoms with E-state index in [2.05, 4.69) is 20.5 Å². The van der Waals surface area contributed by atoms with E-state index in [-0.39, 0.29) is 18.3 Å². The van der Waals surface area contributed by atoms with Crippen LogP contribution in [0.5, 0.6) is 0 Å². The van der Waals surface area contributed by atoms with E-state index in [1.165, 1.54) is 0 Å². The van der Waals surface area contributed by atoms with Gasteiger partial charge in [-0.2, -0.15) is 5.10 Å². The second-order valence-corrected chi connectivity index (χ2v) is 7.47. The lowest BCUT2D eigenvalue weighted by Gasteiger charge is -2.24. The number of carbonyl (C=O) groups is 1. The van der Waals surface area contributed by atoms with Gasteiger partial charge in [-0.1, -0.05) is 37.6 Å². The maximum absolute atomic E-state index is 12.7. The Kier molecular flexibility index (Phi) is 7.18. The zero-order valence-corrected chi connectivity index (χ0v) is 17.3. The zero-order chi connectivity index (χ0) is 19.4. The van der Waals surface area contributed by atoms with Gasteiger partial charge in [-0.05, 0) is 48.4 Å². The van der Waals surface area contributed by atoms with Gasteiger partial charge in [0.1, 0.15) is 5.82 Å². The third-order valence-corrected chi connectivity index (χ3v) is 4.51.